The zero-order valence-corrected chi connectivity index (χ0v) is 29.6. The zero-order valence-electron chi connectivity index (χ0n) is 29.6. The SMILES string of the molecule is CC1(C)C[C@H]2[C@H](CN(C(=O)[C@@H](NC(=O)NC3(Cc4ccc(O)cc4)CCCCC3)C3CCCCC3)[C@@H]2C(=O)NC(CC2CC2)C(=O)C(N)=O)O1. The maximum Gasteiger partial charge on any atom is 0.315 e. The Bertz CT molecular complexity index is 1430. The van der Waals surface area contributed by atoms with E-state index in [2.05, 4.69) is 16.0 Å². The maximum absolute atomic E-state index is 14.8. The largest absolute Gasteiger partial charge is 0.508 e. The van der Waals surface area contributed by atoms with Gasteiger partial charge in [-0.05, 0) is 88.3 Å². The van der Waals surface area contributed by atoms with Crippen molar-refractivity contribution >= 4 is 29.5 Å². The molecule has 0 spiro atoms. The summed E-state index contributed by atoms with van der Waals surface area (Å²) in [6, 6.07) is 3.86. The fourth-order valence-electron chi connectivity index (χ4n) is 9.21. The summed E-state index contributed by atoms with van der Waals surface area (Å²) in [5.74, 6) is -2.70. The fraction of sp³-hybridized carbons (Fsp3) is 0.711. The molecule has 50 heavy (non-hydrogen) atoms. The van der Waals surface area contributed by atoms with Crippen LogP contribution in [0.4, 0.5) is 4.79 Å². The number of phenols is 1. The first-order chi connectivity index (χ1) is 23.8. The monoisotopic (exact) mass is 693 g/mol. The topological polar surface area (TPSA) is 180 Å². The van der Waals surface area contributed by atoms with E-state index in [1.807, 2.05) is 26.0 Å². The van der Waals surface area contributed by atoms with Gasteiger partial charge in [-0.15, -0.1) is 0 Å². The number of nitrogens with zero attached hydrogens (tertiary/aromatic N) is 1. The fourth-order valence-corrected chi connectivity index (χ4v) is 9.21. The Labute approximate surface area is 295 Å². The molecule has 274 valence electrons. The molecule has 3 aliphatic carbocycles. The molecule has 5 aliphatic rings. The number of urea groups is 1. The van der Waals surface area contributed by atoms with E-state index < -0.39 is 52.9 Å². The van der Waals surface area contributed by atoms with Gasteiger partial charge >= 0.3 is 6.03 Å². The second kappa shape index (κ2) is 14.9. The molecule has 2 saturated heterocycles. The third-order valence-corrected chi connectivity index (χ3v) is 11.8. The van der Waals surface area contributed by atoms with Crippen LogP contribution in [0.15, 0.2) is 24.3 Å². The highest BCUT2D eigenvalue weighted by atomic mass is 16.5. The van der Waals surface area contributed by atoms with Gasteiger partial charge in [-0.3, -0.25) is 19.2 Å². The lowest BCUT2D eigenvalue weighted by atomic mass is 9.77. The molecule has 2 heterocycles. The average molecular weight is 694 g/mol. The minimum atomic E-state index is -1.09. The second-order valence-corrected chi connectivity index (χ2v) is 16.3. The number of nitrogens with two attached hydrogens (primary N) is 1. The van der Waals surface area contributed by atoms with E-state index in [9.17, 15) is 29.1 Å². The molecule has 6 N–H and O–H groups in total. The number of nitrogens with one attached hydrogen (secondary N) is 3. The molecule has 0 radical (unpaired) electrons. The Hall–Kier alpha value is -3.67. The van der Waals surface area contributed by atoms with Crippen molar-refractivity contribution in [2.75, 3.05) is 6.54 Å². The van der Waals surface area contributed by atoms with Crippen LogP contribution in [0.25, 0.3) is 0 Å². The summed E-state index contributed by atoms with van der Waals surface area (Å²) < 4.78 is 6.35. The third-order valence-electron chi connectivity index (χ3n) is 11.8. The smallest absolute Gasteiger partial charge is 0.315 e. The van der Waals surface area contributed by atoms with Gasteiger partial charge in [-0.25, -0.2) is 4.79 Å². The summed E-state index contributed by atoms with van der Waals surface area (Å²) in [5.41, 5.74) is 5.40. The first-order valence-corrected chi connectivity index (χ1v) is 18.8. The minimum Gasteiger partial charge on any atom is -0.508 e. The van der Waals surface area contributed by atoms with E-state index in [4.69, 9.17) is 10.5 Å². The van der Waals surface area contributed by atoms with Crippen LogP contribution in [-0.2, 0) is 30.3 Å². The summed E-state index contributed by atoms with van der Waals surface area (Å²) >= 11 is 0. The number of aromatic hydroxyl groups is 1. The Kier molecular flexibility index (Phi) is 10.8. The zero-order chi connectivity index (χ0) is 35.6. The number of carbonyl (C=O) groups is 5. The van der Waals surface area contributed by atoms with E-state index in [0.717, 1.165) is 82.6 Å². The number of rotatable bonds is 12. The molecule has 2 aliphatic heterocycles. The van der Waals surface area contributed by atoms with Crippen LogP contribution in [-0.4, -0.2) is 81.5 Å². The highest BCUT2D eigenvalue weighted by Crippen LogP contribution is 2.44. The van der Waals surface area contributed by atoms with Crippen molar-refractivity contribution in [3.05, 3.63) is 29.8 Å². The lowest BCUT2D eigenvalue weighted by molar-refractivity contribution is -0.144. The van der Waals surface area contributed by atoms with Crippen LogP contribution in [0.2, 0.25) is 0 Å². The number of hydrogen-bond acceptors (Lipinski definition) is 7. The highest BCUT2D eigenvalue weighted by molar-refractivity contribution is 6.37. The number of primary amides is 1. The number of Topliss-reactive ketones (excluding diaryl/α,β-unsaturated/α-hetero) is 1. The van der Waals surface area contributed by atoms with Crippen LogP contribution in [0, 0.1) is 17.8 Å². The van der Waals surface area contributed by atoms with Crippen LogP contribution in [0.3, 0.4) is 0 Å². The predicted molar refractivity (Wildman–Crippen MR) is 186 cm³/mol. The van der Waals surface area contributed by atoms with Crippen molar-refractivity contribution in [2.24, 2.45) is 23.5 Å². The molecule has 1 aromatic rings. The molecule has 12 heteroatoms. The summed E-state index contributed by atoms with van der Waals surface area (Å²) in [7, 11) is 0. The molecular formula is C38H55N5O7. The molecule has 6 rings (SSSR count). The summed E-state index contributed by atoms with van der Waals surface area (Å²) in [6.07, 6.45) is 12.2. The van der Waals surface area contributed by atoms with E-state index >= 15 is 0 Å². The van der Waals surface area contributed by atoms with Gasteiger partial charge in [-0.2, -0.15) is 0 Å². The molecule has 5 amide bonds. The molecule has 0 aromatic heterocycles. The van der Waals surface area contributed by atoms with Crippen molar-refractivity contribution in [2.45, 2.75) is 146 Å². The van der Waals surface area contributed by atoms with Gasteiger partial charge in [0.05, 0.1) is 17.7 Å². The minimum absolute atomic E-state index is 0.0954. The van der Waals surface area contributed by atoms with E-state index in [0.29, 0.717) is 19.3 Å². The first kappa shape index (κ1) is 36.1. The average Bonchev–Trinajstić information content (AvgIpc) is 3.76. The molecule has 5 fully saturated rings. The predicted octanol–water partition coefficient (Wildman–Crippen LogP) is 3.62. The third kappa shape index (κ3) is 8.44. The number of benzene rings is 1. The number of ketones is 1. The Morgan fingerprint density at radius 1 is 0.940 bits per heavy atom. The van der Waals surface area contributed by atoms with Crippen molar-refractivity contribution in [1.29, 1.82) is 0 Å². The van der Waals surface area contributed by atoms with Crippen LogP contribution in [0.5, 0.6) is 5.75 Å². The van der Waals surface area contributed by atoms with Crippen LogP contribution >= 0.6 is 0 Å². The number of hydrogen-bond donors (Lipinski definition) is 5. The molecule has 3 saturated carbocycles. The maximum atomic E-state index is 14.8. The summed E-state index contributed by atoms with van der Waals surface area (Å²) in [4.78, 5) is 69.3. The standard InChI is InChI=1S/C38H55N5O7/c1-37(2)21-27-29(50-37)22-43(31(27)34(47)40-28(19-23-11-12-23)32(45)33(39)46)35(48)30(25-9-5-3-6-10-25)41-36(49)42-38(17-7-4-8-18-38)20-24-13-15-26(44)16-14-24/h13-16,23,25,27-31,44H,3-12,17-22H2,1-2H3,(H2,39,46)(H,40,47)(H2,41,42,49)/t27-,28?,29-,30-,31-/m0/s1. The molecule has 0 bridgehead atoms. The van der Waals surface area contributed by atoms with Crippen LogP contribution in [0.1, 0.15) is 109 Å². The lowest BCUT2D eigenvalue weighted by Gasteiger charge is -2.40. The molecule has 5 atom stereocenters. The van der Waals surface area contributed by atoms with Gasteiger partial charge in [0.1, 0.15) is 17.8 Å². The first-order valence-electron chi connectivity index (χ1n) is 18.8. The van der Waals surface area contributed by atoms with Gasteiger partial charge < -0.3 is 36.4 Å². The highest BCUT2D eigenvalue weighted by Gasteiger charge is 2.56. The summed E-state index contributed by atoms with van der Waals surface area (Å²) in [5, 5.41) is 19.0. The van der Waals surface area contributed by atoms with Crippen molar-refractivity contribution in [3.63, 3.8) is 0 Å². The van der Waals surface area contributed by atoms with Crippen molar-refractivity contribution in [3.8, 4) is 5.75 Å². The number of phenolic OH excluding ortho intramolecular Hbond substituents is 1. The van der Waals surface area contributed by atoms with Crippen molar-refractivity contribution < 1.29 is 33.8 Å². The number of carbonyl (C=O) groups excluding carboxylic acids is 5. The Morgan fingerprint density at radius 3 is 2.24 bits per heavy atom. The van der Waals surface area contributed by atoms with Gasteiger partial charge in [-0.1, -0.05) is 63.5 Å². The number of likely N-dealkylation sites (tertiary alicyclic amines) is 1. The molecular weight excluding hydrogens is 638 g/mol. The van der Waals surface area contributed by atoms with Crippen molar-refractivity contribution in [1.82, 2.24) is 20.9 Å². The van der Waals surface area contributed by atoms with Gasteiger partial charge in [0.15, 0.2) is 0 Å². The second-order valence-electron chi connectivity index (χ2n) is 16.3. The number of fused-ring (bicyclic) bond motifs is 1. The van der Waals surface area contributed by atoms with Gasteiger partial charge in [0, 0.05) is 18.0 Å². The van der Waals surface area contributed by atoms with Gasteiger partial charge in [0.2, 0.25) is 17.6 Å². The number of ether oxygens (including phenoxy) is 1. The number of amides is 5. The quantitative estimate of drug-likeness (QED) is 0.207. The Balaban J connectivity index is 1.24. The van der Waals surface area contributed by atoms with E-state index in [-0.39, 0.29) is 42.1 Å². The summed E-state index contributed by atoms with van der Waals surface area (Å²) in [6.45, 7) is 4.13. The van der Waals surface area contributed by atoms with Gasteiger partial charge in [0.25, 0.3) is 5.91 Å². The van der Waals surface area contributed by atoms with E-state index in [1.165, 1.54) is 0 Å². The Morgan fingerprint density at radius 2 is 1.60 bits per heavy atom. The molecule has 1 aromatic carbocycles. The van der Waals surface area contributed by atoms with E-state index in [1.54, 1.807) is 17.0 Å². The molecule has 1 unspecified atom stereocenters. The van der Waals surface area contributed by atoms with Crippen LogP contribution < -0.4 is 21.7 Å². The normalized spacial score (nSPS) is 27.1. The molecule has 12 nitrogen and oxygen atoms in total. The lowest BCUT2D eigenvalue weighted by Crippen LogP contribution is -2.62.